The van der Waals surface area contributed by atoms with E-state index in [1.807, 2.05) is 12.1 Å². The number of ether oxygens (including phenoxy) is 1. The van der Waals surface area contributed by atoms with Crippen LogP contribution in [-0.4, -0.2) is 60.1 Å². The number of carbonyl (C=O) groups excluding carboxylic acids is 1. The van der Waals surface area contributed by atoms with Gasteiger partial charge in [0.25, 0.3) is 0 Å². The van der Waals surface area contributed by atoms with Crippen molar-refractivity contribution < 1.29 is 9.53 Å². The van der Waals surface area contributed by atoms with Crippen LogP contribution in [0.3, 0.4) is 0 Å². The Morgan fingerprint density at radius 2 is 1.97 bits per heavy atom. The van der Waals surface area contributed by atoms with Gasteiger partial charge in [0, 0.05) is 30.0 Å². The molecule has 9 nitrogen and oxygen atoms in total. The average Bonchev–Trinajstić information content (AvgIpc) is 3.31. The van der Waals surface area contributed by atoms with Gasteiger partial charge in [-0.2, -0.15) is 0 Å². The zero-order valence-corrected chi connectivity index (χ0v) is 18.3. The van der Waals surface area contributed by atoms with Crippen molar-refractivity contribution in [3.05, 3.63) is 66.6 Å². The van der Waals surface area contributed by atoms with E-state index in [-0.39, 0.29) is 6.03 Å². The number of benzene rings is 1. The van der Waals surface area contributed by atoms with Crippen molar-refractivity contribution in [3.63, 3.8) is 0 Å². The Balaban J connectivity index is 1.49. The van der Waals surface area contributed by atoms with Crippen LogP contribution in [-0.2, 0) is 4.74 Å². The second-order valence-electron chi connectivity index (χ2n) is 7.45. The highest BCUT2D eigenvalue weighted by Gasteiger charge is 2.19. The normalized spacial score (nSPS) is 14.9. The number of aromatic amines is 1. The molecule has 1 aromatic carbocycles. The van der Waals surface area contributed by atoms with E-state index in [9.17, 15) is 4.79 Å². The fourth-order valence-electron chi connectivity index (χ4n) is 3.33. The number of allylic oxidation sites excluding steroid dienone is 5. The third-order valence-electron chi connectivity index (χ3n) is 5.05. The molecule has 1 aliphatic heterocycles. The van der Waals surface area contributed by atoms with Gasteiger partial charge in [-0.3, -0.25) is 0 Å². The van der Waals surface area contributed by atoms with Crippen LogP contribution in [0.4, 0.5) is 16.3 Å². The van der Waals surface area contributed by atoms with Crippen molar-refractivity contribution in [2.75, 3.05) is 36.5 Å². The molecule has 3 heterocycles. The lowest BCUT2D eigenvalue weighted by Crippen LogP contribution is -2.37. The van der Waals surface area contributed by atoms with E-state index < -0.39 is 0 Å². The molecular weight excluding hydrogens is 417 g/mol. The van der Waals surface area contributed by atoms with E-state index in [0.717, 1.165) is 30.0 Å². The Kier molecular flexibility index (Phi) is 6.84. The second kappa shape index (κ2) is 10.1. The highest BCUT2D eigenvalue weighted by atomic mass is 16.5. The van der Waals surface area contributed by atoms with Gasteiger partial charge in [-0.1, -0.05) is 24.2 Å². The molecule has 33 heavy (non-hydrogen) atoms. The number of nitrogens with zero attached hydrogens (tertiary/aromatic N) is 4. The maximum absolute atomic E-state index is 12.2. The smallest absolute Gasteiger partial charge is 0.323 e. The number of rotatable bonds is 6. The number of anilines is 2. The highest BCUT2D eigenvalue weighted by Crippen LogP contribution is 2.26. The molecule has 0 spiro atoms. The van der Waals surface area contributed by atoms with E-state index in [1.165, 1.54) is 6.08 Å². The predicted octanol–water partition coefficient (Wildman–Crippen LogP) is 3.12. The Morgan fingerprint density at radius 1 is 1.21 bits per heavy atom. The van der Waals surface area contributed by atoms with Crippen LogP contribution in [0.5, 0.6) is 0 Å². The molecule has 0 aliphatic carbocycles. The number of morpholine rings is 1. The minimum atomic E-state index is -0.356. The highest BCUT2D eigenvalue weighted by molar-refractivity contribution is 6.23. The molecule has 1 saturated heterocycles. The minimum absolute atomic E-state index is 0.356. The third-order valence-corrected chi connectivity index (χ3v) is 5.05. The Labute approximate surface area is 193 Å². The van der Waals surface area contributed by atoms with Crippen molar-refractivity contribution in [1.82, 2.24) is 25.3 Å². The van der Waals surface area contributed by atoms with Gasteiger partial charge in [0.1, 0.15) is 13.4 Å². The molecule has 3 aromatic rings. The largest absolute Gasteiger partial charge is 0.378 e. The number of carbonyl (C=O) groups is 1. The number of hydrogen-bond donors (Lipinski definition) is 3. The third kappa shape index (κ3) is 5.47. The Bertz CT molecular complexity index is 1210. The molecule has 0 atom stereocenters. The van der Waals surface area contributed by atoms with Gasteiger partial charge in [0.2, 0.25) is 0 Å². The van der Waals surface area contributed by atoms with Crippen LogP contribution in [0, 0.1) is 0 Å². The van der Waals surface area contributed by atoms with Crippen molar-refractivity contribution in [1.29, 1.82) is 0 Å². The van der Waals surface area contributed by atoms with Gasteiger partial charge in [0.15, 0.2) is 17.3 Å². The molecule has 10 heteroatoms. The molecular formula is C23H24BN7O2. The fourth-order valence-corrected chi connectivity index (χ4v) is 3.33. The monoisotopic (exact) mass is 441 g/mol. The molecule has 3 N–H and O–H groups in total. The van der Waals surface area contributed by atoms with E-state index in [1.54, 1.807) is 37.5 Å². The molecule has 166 valence electrons. The summed E-state index contributed by atoms with van der Waals surface area (Å²) in [4.78, 5) is 31.3. The summed E-state index contributed by atoms with van der Waals surface area (Å²) < 4.78 is 5.46. The molecule has 2 aromatic heterocycles. The van der Waals surface area contributed by atoms with Crippen LogP contribution < -0.4 is 15.5 Å². The summed E-state index contributed by atoms with van der Waals surface area (Å²) in [5.41, 5.74) is 4.03. The Morgan fingerprint density at radius 3 is 2.70 bits per heavy atom. The number of hydrogen-bond acceptors (Lipinski definition) is 6. The molecule has 1 aliphatic rings. The lowest BCUT2D eigenvalue weighted by Gasteiger charge is -2.28. The van der Waals surface area contributed by atoms with Gasteiger partial charge >= 0.3 is 6.03 Å². The van der Waals surface area contributed by atoms with E-state index in [0.29, 0.717) is 41.5 Å². The number of urea groups is 1. The molecule has 2 amide bonds. The van der Waals surface area contributed by atoms with Crippen molar-refractivity contribution in [3.8, 4) is 11.4 Å². The van der Waals surface area contributed by atoms with Crippen LogP contribution in [0.15, 0.2) is 66.6 Å². The second-order valence-corrected chi connectivity index (χ2v) is 7.45. The van der Waals surface area contributed by atoms with Gasteiger partial charge < -0.3 is 25.3 Å². The van der Waals surface area contributed by atoms with Gasteiger partial charge in [-0.15, -0.1) is 0 Å². The summed E-state index contributed by atoms with van der Waals surface area (Å²) >= 11 is 0. The van der Waals surface area contributed by atoms with E-state index in [2.05, 4.69) is 37.1 Å². The quantitative estimate of drug-likeness (QED) is 0.401. The van der Waals surface area contributed by atoms with Crippen LogP contribution in [0.25, 0.3) is 22.6 Å². The standard InChI is InChI=1S/C23H24BN7O2/c1-3-17(24)7-4-15(2)27-23(32)28-18-8-5-16(6-9-18)20-29-21-19(25-14-26-21)22(30-20)31-10-12-33-13-11-31/h3-9,14H,1,10-13H2,2H3,(H2,27,28,32)(H,25,26,29,30)/b15-4+,17-7+. The first-order valence-electron chi connectivity index (χ1n) is 10.5. The topological polar surface area (TPSA) is 108 Å². The van der Waals surface area contributed by atoms with Crippen LogP contribution in [0.1, 0.15) is 6.92 Å². The first-order valence-corrected chi connectivity index (χ1v) is 10.5. The summed E-state index contributed by atoms with van der Waals surface area (Å²) in [7, 11) is 5.66. The first kappa shape index (κ1) is 22.3. The number of aromatic nitrogens is 4. The van der Waals surface area contributed by atoms with Crippen molar-refractivity contribution in [2.24, 2.45) is 0 Å². The zero-order chi connectivity index (χ0) is 23.2. The van der Waals surface area contributed by atoms with Gasteiger partial charge in [-0.25, -0.2) is 19.7 Å². The van der Waals surface area contributed by atoms with Crippen LogP contribution in [0.2, 0.25) is 0 Å². The molecule has 2 radical (unpaired) electrons. The van der Waals surface area contributed by atoms with Gasteiger partial charge in [-0.05, 0) is 37.3 Å². The first-order chi connectivity index (χ1) is 16.0. The number of imidazole rings is 1. The average molecular weight is 441 g/mol. The summed E-state index contributed by atoms with van der Waals surface area (Å²) in [6.07, 6.45) is 6.52. The van der Waals surface area contributed by atoms with E-state index >= 15 is 0 Å². The summed E-state index contributed by atoms with van der Waals surface area (Å²) in [5, 5.41) is 5.54. The summed E-state index contributed by atoms with van der Waals surface area (Å²) in [6, 6.07) is 6.98. The fraction of sp³-hybridized carbons (Fsp3) is 0.217. The Hall–Kier alpha value is -3.92. The van der Waals surface area contributed by atoms with Gasteiger partial charge in [0.05, 0.1) is 19.5 Å². The molecule has 0 bridgehead atoms. The number of fused-ring (bicyclic) bond motifs is 1. The van der Waals surface area contributed by atoms with Crippen molar-refractivity contribution >= 4 is 36.5 Å². The predicted molar refractivity (Wildman–Crippen MR) is 130 cm³/mol. The van der Waals surface area contributed by atoms with Crippen LogP contribution >= 0.6 is 0 Å². The maximum atomic E-state index is 12.2. The maximum Gasteiger partial charge on any atom is 0.323 e. The van der Waals surface area contributed by atoms with Crippen molar-refractivity contribution in [2.45, 2.75) is 6.92 Å². The lowest BCUT2D eigenvalue weighted by atomic mass is 9.95. The van der Waals surface area contributed by atoms with E-state index in [4.69, 9.17) is 17.6 Å². The SMILES string of the molecule is [B]/C(C=C)=C/C=C(\C)NC(=O)Nc1ccc(-c2nc(N3CCOCC3)c3[nH]cnc3n2)cc1. The summed E-state index contributed by atoms with van der Waals surface area (Å²) in [6.45, 7) is 8.18. The molecule has 1 fully saturated rings. The molecule has 4 rings (SSSR count). The zero-order valence-electron chi connectivity index (χ0n) is 18.3. The lowest BCUT2D eigenvalue weighted by molar-refractivity contribution is 0.122. The number of nitrogens with one attached hydrogen (secondary N) is 3. The summed E-state index contributed by atoms with van der Waals surface area (Å²) in [5.74, 6) is 1.38. The molecule has 0 saturated carbocycles. The minimum Gasteiger partial charge on any atom is -0.378 e. The number of H-pyrrole nitrogens is 1. The molecule has 0 unspecified atom stereocenters. The number of amides is 2.